The van der Waals surface area contributed by atoms with Gasteiger partial charge in [0.05, 0.1) is 5.71 Å². The number of hydrogen-bond acceptors (Lipinski definition) is 6. The highest BCUT2D eigenvalue weighted by Crippen LogP contribution is 2.30. The number of hydrogen-bond donors (Lipinski definition) is 2. The van der Waals surface area contributed by atoms with Crippen LogP contribution in [-0.2, 0) is 19.5 Å². The molecule has 0 spiro atoms. The van der Waals surface area contributed by atoms with Gasteiger partial charge in [0.25, 0.3) is 5.91 Å². The summed E-state index contributed by atoms with van der Waals surface area (Å²) >= 11 is 0. The molecule has 0 saturated heterocycles. The van der Waals surface area contributed by atoms with Crippen molar-refractivity contribution in [3.8, 4) is 11.8 Å². The normalized spacial score (nSPS) is 21.3. The van der Waals surface area contributed by atoms with Crippen molar-refractivity contribution in [2.24, 2.45) is 11.1 Å². The molecule has 1 amide bonds. The summed E-state index contributed by atoms with van der Waals surface area (Å²) in [6.07, 6.45) is 3.00. The van der Waals surface area contributed by atoms with E-state index in [0.717, 1.165) is 17.4 Å². The zero-order valence-corrected chi connectivity index (χ0v) is 16.0. The Kier molecular flexibility index (Phi) is 5.27. The fourth-order valence-corrected chi connectivity index (χ4v) is 3.70. The molecule has 1 aromatic carbocycles. The molecule has 2 N–H and O–H groups in total. The van der Waals surface area contributed by atoms with Gasteiger partial charge in [0.2, 0.25) is 0 Å². The summed E-state index contributed by atoms with van der Waals surface area (Å²) in [5.41, 5.74) is 3.92. The van der Waals surface area contributed by atoms with E-state index < -0.39 is 26.6 Å². The van der Waals surface area contributed by atoms with Gasteiger partial charge in [-0.3, -0.25) is 10.0 Å². The van der Waals surface area contributed by atoms with Crippen LogP contribution in [0.5, 0.6) is 0 Å². The minimum Gasteiger partial charge on any atom is -0.392 e. The highest BCUT2D eigenvalue weighted by atomic mass is 32.2. The molecular weight excluding hydrogens is 368 g/mol. The van der Waals surface area contributed by atoms with E-state index in [1.165, 1.54) is 25.2 Å². The summed E-state index contributed by atoms with van der Waals surface area (Å²) < 4.78 is 22.3. The van der Waals surface area contributed by atoms with Crippen molar-refractivity contribution in [3.05, 3.63) is 35.4 Å². The molecule has 3 rings (SSSR count). The lowest BCUT2D eigenvalue weighted by Gasteiger charge is -2.26. The average molecular weight is 390 g/mol. The zero-order valence-electron chi connectivity index (χ0n) is 15.2. The van der Waals surface area contributed by atoms with Crippen LogP contribution in [-0.4, -0.2) is 42.4 Å². The fourth-order valence-electron chi connectivity index (χ4n) is 2.83. The lowest BCUT2D eigenvalue weighted by atomic mass is 9.96. The van der Waals surface area contributed by atoms with Gasteiger partial charge in [-0.1, -0.05) is 29.1 Å². The summed E-state index contributed by atoms with van der Waals surface area (Å²) in [7, 11) is -3.78. The van der Waals surface area contributed by atoms with Crippen LogP contribution in [0, 0.1) is 17.8 Å². The molecule has 1 aliphatic heterocycles. The number of hydroxylamine groups is 1. The Labute approximate surface area is 158 Å². The molecule has 2 atom stereocenters. The summed E-state index contributed by atoms with van der Waals surface area (Å²) in [5.74, 6) is 5.90. The fraction of sp³-hybridized carbons (Fsp3) is 0.474. The number of carbonyl (C=O) groups is 1. The number of oxime groups is 1. The second kappa shape index (κ2) is 7.33. The molecule has 27 heavy (non-hydrogen) atoms. The minimum absolute atomic E-state index is 0.115. The van der Waals surface area contributed by atoms with Crippen molar-refractivity contribution in [1.29, 1.82) is 0 Å². The van der Waals surface area contributed by atoms with E-state index in [1.54, 1.807) is 0 Å². The molecule has 8 heteroatoms. The number of rotatable bonds is 5. The number of benzene rings is 1. The van der Waals surface area contributed by atoms with Gasteiger partial charge in [-0.05, 0) is 37.5 Å². The molecule has 144 valence electrons. The van der Waals surface area contributed by atoms with E-state index in [-0.39, 0.29) is 6.42 Å². The van der Waals surface area contributed by atoms with Crippen molar-refractivity contribution >= 4 is 21.5 Å². The zero-order chi connectivity index (χ0) is 19.7. The monoisotopic (exact) mass is 390 g/mol. The molecule has 0 bridgehead atoms. The van der Waals surface area contributed by atoms with Gasteiger partial charge >= 0.3 is 0 Å². The maximum atomic E-state index is 12.1. The molecule has 1 saturated carbocycles. The first-order valence-electron chi connectivity index (χ1n) is 8.72. The van der Waals surface area contributed by atoms with Gasteiger partial charge < -0.3 is 4.84 Å². The molecule has 1 aliphatic carbocycles. The van der Waals surface area contributed by atoms with Crippen LogP contribution in [0.4, 0.5) is 0 Å². The largest absolute Gasteiger partial charge is 0.392 e. The van der Waals surface area contributed by atoms with Crippen LogP contribution in [0.1, 0.15) is 43.7 Å². The van der Waals surface area contributed by atoms with Crippen LogP contribution in [0.25, 0.3) is 0 Å². The SMILES string of the molecule is C[C@@](C[C@H]1CC(c2ccc(C#CC3CC3)cc2)=NO1)(C(=O)NO)S(C)(=O)=O. The molecule has 1 heterocycles. The predicted molar refractivity (Wildman–Crippen MR) is 99.9 cm³/mol. The van der Waals surface area contributed by atoms with Crippen molar-refractivity contribution in [3.63, 3.8) is 0 Å². The molecule has 0 unspecified atom stereocenters. The topological polar surface area (TPSA) is 105 Å². The first-order valence-corrected chi connectivity index (χ1v) is 10.6. The first kappa shape index (κ1) is 19.4. The first-order chi connectivity index (χ1) is 12.7. The molecular formula is C19H22N2O5S. The smallest absolute Gasteiger partial charge is 0.264 e. The van der Waals surface area contributed by atoms with Crippen molar-refractivity contribution in [1.82, 2.24) is 5.48 Å². The van der Waals surface area contributed by atoms with Crippen LogP contribution >= 0.6 is 0 Å². The third kappa shape index (κ3) is 4.31. The van der Waals surface area contributed by atoms with Gasteiger partial charge in [0.15, 0.2) is 14.6 Å². The maximum Gasteiger partial charge on any atom is 0.264 e. The lowest BCUT2D eigenvalue weighted by Crippen LogP contribution is -2.51. The van der Waals surface area contributed by atoms with Gasteiger partial charge in [-0.15, -0.1) is 0 Å². The Morgan fingerprint density at radius 2 is 2.04 bits per heavy atom. The van der Waals surface area contributed by atoms with Gasteiger partial charge in [0.1, 0.15) is 6.10 Å². The van der Waals surface area contributed by atoms with Crippen LogP contribution < -0.4 is 5.48 Å². The second-order valence-corrected chi connectivity index (χ2v) is 9.68. The number of sulfone groups is 1. The molecule has 0 radical (unpaired) electrons. The standard InChI is InChI=1S/C19H22N2O5S/c1-19(18(22)20-23,27(2,24)25)12-16-11-17(21-26-16)15-9-7-14(8-10-15)6-5-13-3-4-13/h7-10,13,16,23H,3-4,11-12H2,1-2H3,(H,20,22)/t16-,19-/m1/s1. The summed E-state index contributed by atoms with van der Waals surface area (Å²) in [6.45, 7) is 1.27. The number of carbonyl (C=O) groups excluding carboxylic acids is 1. The highest BCUT2D eigenvalue weighted by molar-refractivity contribution is 7.92. The van der Waals surface area contributed by atoms with E-state index in [9.17, 15) is 13.2 Å². The average Bonchev–Trinajstić information content (AvgIpc) is 3.36. The third-order valence-electron chi connectivity index (χ3n) is 4.97. The third-order valence-corrected chi connectivity index (χ3v) is 6.96. The maximum absolute atomic E-state index is 12.1. The van der Waals surface area contributed by atoms with Crippen LogP contribution in [0.3, 0.4) is 0 Å². The summed E-state index contributed by atoms with van der Waals surface area (Å²) in [6, 6.07) is 7.64. The van der Waals surface area contributed by atoms with Crippen LogP contribution in [0.2, 0.25) is 0 Å². The Hall–Kier alpha value is -2.37. The van der Waals surface area contributed by atoms with Gasteiger partial charge in [0, 0.05) is 30.6 Å². The number of nitrogens with zero attached hydrogens (tertiary/aromatic N) is 1. The molecule has 1 fully saturated rings. The Bertz CT molecular complexity index is 923. The number of amides is 1. The minimum atomic E-state index is -3.78. The van der Waals surface area contributed by atoms with Crippen LogP contribution in [0.15, 0.2) is 29.4 Å². The van der Waals surface area contributed by atoms with Crippen molar-refractivity contribution in [2.45, 2.75) is 43.5 Å². The van der Waals surface area contributed by atoms with E-state index in [2.05, 4.69) is 17.0 Å². The molecule has 0 aromatic heterocycles. The van der Waals surface area contributed by atoms with Gasteiger partial charge in [-0.25, -0.2) is 13.9 Å². The summed E-state index contributed by atoms with van der Waals surface area (Å²) in [4.78, 5) is 17.3. The van der Waals surface area contributed by atoms with Gasteiger partial charge in [-0.2, -0.15) is 0 Å². The van der Waals surface area contributed by atoms with E-state index in [1.807, 2.05) is 24.3 Å². The highest BCUT2D eigenvalue weighted by Gasteiger charge is 2.47. The Morgan fingerprint density at radius 3 is 2.59 bits per heavy atom. The molecule has 7 nitrogen and oxygen atoms in total. The molecule has 1 aromatic rings. The van der Waals surface area contributed by atoms with Crippen molar-refractivity contribution in [2.75, 3.05) is 6.26 Å². The van der Waals surface area contributed by atoms with Crippen molar-refractivity contribution < 1.29 is 23.3 Å². The van der Waals surface area contributed by atoms with E-state index >= 15 is 0 Å². The quantitative estimate of drug-likeness (QED) is 0.452. The van der Waals surface area contributed by atoms with E-state index in [4.69, 9.17) is 10.0 Å². The second-order valence-electron chi connectivity index (χ2n) is 7.24. The van der Waals surface area contributed by atoms with E-state index in [0.29, 0.717) is 18.1 Å². The Morgan fingerprint density at radius 1 is 1.37 bits per heavy atom. The predicted octanol–water partition coefficient (Wildman–Crippen LogP) is 1.64. The number of nitrogens with one attached hydrogen (secondary N) is 1. The lowest BCUT2D eigenvalue weighted by molar-refractivity contribution is -0.132. The summed E-state index contributed by atoms with van der Waals surface area (Å²) in [5, 5.41) is 12.9. The Balaban J connectivity index is 1.67. The molecule has 2 aliphatic rings.